The Morgan fingerprint density at radius 3 is 2.48 bits per heavy atom. The van der Waals surface area contributed by atoms with Crippen LogP contribution in [0.15, 0.2) is 24.3 Å². The number of rotatable bonds is 8. The van der Waals surface area contributed by atoms with Crippen molar-refractivity contribution in [2.75, 3.05) is 51.7 Å². The molecule has 2 amide bonds. The number of carbonyl (C=O) groups is 1. The standard InChI is InChI=1S/C19H32N4O2/c1-3-17(9-15-24)20-19(25)21-18-6-4-16(5-7-18)8-10-23-13-11-22(2)12-14-23/h4-7,17,24H,3,8-15H2,1-2H3,(H2,20,21,25). The summed E-state index contributed by atoms with van der Waals surface area (Å²) in [6, 6.07) is 7.85. The van der Waals surface area contributed by atoms with Gasteiger partial charge in [-0.25, -0.2) is 4.79 Å². The average Bonchev–Trinajstić information content (AvgIpc) is 2.62. The number of aliphatic hydroxyl groups is 1. The molecule has 1 heterocycles. The summed E-state index contributed by atoms with van der Waals surface area (Å²) < 4.78 is 0. The van der Waals surface area contributed by atoms with Gasteiger partial charge in [-0.2, -0.15) is 0 Å². The van der Waals surface area contributed by atoms with Crippen LogP contribution >= 0.6 is 0 Å². The lowest BCUT2D eigenvalue weighted by atomic mass is 10.1. The van der Waals surface area contributed by atoms with E-state index in [0.29, 0.717) is 6.42 Å². The summed E-state index contributed by atoms with van der Waals surface area (Å²) in [6.45, 7) is 7.74. The molecule has 0 radical (unpaired) electrons. The van der Waals surface area contributed by atoms with Crippen molar-refractivity contribution in [3.05, 3.63) is 29.8 Å². The highest BCUT2D eigenvalue weighted by molar-refractivity contribution is 5.89. The molecule has 1 aromatic rings. The minimum Gasteiger partial charge on any atom is -0.396 e. The van der Waals surface area contributed by atoms with Crippen LogP contribution in [0.2, 0.25) is 0 Å². The van der Waals surface area contributed by atoms with Crippen molar-refractivity contribution in [2.45, 2.75) is 32.2 Å². The first-order chi connectivity index (χ1) is 12.1. The quantitative estimate of drug-likeness (QED) is 0.670. The van der Waals surface area contributed by atoms with Gasteiger partial charge in [0.1, 0.15) is 0 Å². The minimum atomic E-state index is -0.217. The number of urea groups is 1. The van der Waals surface area contributed by atoms with Gasteiger partial charge in [0.05, 0.1) is 0 Å². The maximum atomic E-state index is 12.0. The number of nitrogens with one attached hydrogen (secondary N) is 2. The zero-order valence-electron chi connectivity index (χ0n) is 15.5. The minimum absolute atomic E-state index is 0.00728. The van der Waals surface area contributed by atoms with Gasteiger partial charge in [0.25, 0.3) is 0 Å². The number of hydrogen-bond acceptors (Lipinski definition) is 4. The molecular weight excluding hydrogens is 316 g/mol. The average molecular weight is 348 g/mol. The Morgan fingerprint density at radius 1 is 1.20 bits per heavy atom. The Bertz CT molecular complexity index is 513. The molecule has 0 bridgehead atoms. The normalized spacial score (nSPS) is 17.2. The summed E-state index contributed by atoms with van der Waals surface area (Å²) in [4.78, 5) is 16.9. The number of benzene rings is 1. The van der Waals surface area contributed by atoms with Crippen LogP contribution in [0, 0.1) is 0 Å². The van der Waals surface area contributed by atoms with E-state index in [-0.39, 0.29) is 18.7 Å². The van der Waals surface area contributed by atoms with E-state index in [9.17, 15) is 4.79 Å². The second-order valence-corrected chi connectivity index (χ2v) is 6.81. The van der Waals surface area contributed by atoms with Gasteiger partial charge in [0.2, 0.25) is 0 Å². The maximum absolute atomic E-state index is 12.0. The van der Waals surface area contributed by atoms with Crippen LogP contribution in [0.25, 0.3) is 0 Å². The van der Waals surface area contributed by atoms with Crippen molar-refractivity contribution >= 4 is 11.7 Å². The Hall–Kier alpha value is -1.63. The fraction of sp³-hybridized carbons (Fsp3) is 0.632. The van der Waals surface area contributed by atoms with Gasteiger partial charge in [0.15, 0.2) is 0 Å². The largest absolute Gasteiger partial charge is 0.396 e. The molecule has 0 aromatic heterocycles. The Balaban J connectivity index is 1.74. The third-order valence-electron chi connectivity index (χ3n) is 4.83. The number of nitrogens with zero attached hydrogens (tertiary/aromatic N) is 2. The van der Waals surface area contributed by atoms with Crippen LogP contribution in [-0.4, -0.2) is 73.4 Å². The number of carbonyl (C=O) groups excluding carboxylic acids is 1. The highest BCUT2D eigenvalue weighted by atomic mass is 16.3. The van der Waals surface area contributed by atoms with Crippen LogP contribution in [0.4, 0.5) is 10.5 Å². The van der Waals surface area contributed by atoms with Crippen LogP contribution < -0.4 is 10.6 Å². The molecule has 1 unspecified atom stereocenters. The molecule has 1 aliphatic heterocycles. The highest BCUT2D eigenvalue weighted by Gasteiger charge is 2.13. The Morgan fingerprint density at radius 2 is 1.88 bits per heavy atom. The first-order valence-electron chi connectivity index (χ1n) is 9.29. The molecule has 1 atom stereocenters. The first kappa shape index (κ1) is 19.7. The monoisotopic (exact) mass is 348 g/mol. The van der Waals surface area contributed by atoms with Crippen LogP contribution in [0.3, 0.4) is 0 Å². The molecule has 25 heavy (non-hydrogen) atoms. The smallest absolute Gasteiger partial charge is 0.319 e. The molecule has 0 saturated carbocycles. The number of anilines is 1. The summed E-state index contributed by atoms with van der Waals surface area (Å²) in [5.41, 5.74) is 2.08. The van der Waals surface area contributed by atoms with E-state index in [0.717, 1.165) is 51.3 Å². The van der Waals surface area contributed by atoms with E-state index in [1.54, 1.807) is 0 Å². The van der Waals surface area contributed by atoms with E-state index in [1.165, 1.54) is 5.56 Å². The van der Waals surface area contributed by atoms with Gasteiger partial charge in [-0.1, -0.05) is 19.1 Å². The molecule has 1 fully saturated rings. The van der Waals surface area contributed by atoms with E-state index in [1.807, 2.05) is 19.1 Å². The van der Waals surface area contributed by atoms with Gasteiger partial charge >= 0.3 is 6.03 Å². The SMILES string of the molecule is CCC(CCO)NC(=O)Nc1ccc(CCN2CCN(C)CC2)cc1. The van der Waals surface area contributed by atoms with E-state index in [4.69, 9.17) is 5.11 Å². The second-order valence-electron chi connectivity index (χ2n) is 6.81. The zero-order valence-corrected chi connectivity index (χ0v) is 15.5. The fourth-order valence-corrected chi connectivity index (χ4v) is 3.00. The predicted octanol–water partition coefficient (Wildman–Crippen LogP) is 1.76. The molecule has 0 spiro atoms. The highest BCUT2D eigenvalue weighted by Crippen LogP contribution is 2.11. The molecule has 1 saturated heterocycles. The van der Waals surface area contributed by atoms with Crippen LogP contribution in [-0.2, 0) is 6.42 Å². The topological polar surface area (TPSA) is 67.8 Å². The molecule has 140 valence electrons. The molecule has 6 heteroatoms. The number of piperazine rings is 1. The second kappa shape index (κ2) is 10.4. The molecule has 1 aliphatic rings. The summed E-state index contributed by atoms with van der Waals surface area (Å²) >= 11 is 0. The Labute approximate surface area is 151 Å². The molecule has 1 aromatic carbocycles. The van der Waals surface area contributed by atoms with Crippen molar-refractivity contribution in [1.29, 1.82) is 0 Å². The van der Waals surface area contributed by atoms with Gasteiger partial charge in [-0.3, -0.25) is 0 Å². The van der Waals surface area contributed by atoms with Crippen LogP contribution in [0.1, 0.15) is 25.3 Å². The van der Waals surface area contributed by atoms with Crippen LogP contribution in [0.5, 0.6) is 0 Å². The summed E-state index contributed by atoms with van der Waals surface area (Å²) in [7, 11) is 2.17. The number of aliphatic hydroxyl groups excluding tert-OH is 1. The molecule has 0 aliphatic carbocycles. The maximum Gasteiger partial charge on any atom is 0.319 e. The molecule has 2 rings (SSSR count). The van der Waals surface area contributed by atoms with Gasteiger partial charge in [-0.05, 0) is 44.0 Å². The van der Waals surface area contributed by atoms with Gasteiger partial charge < -0.3 is 25.5 Å². The molecule has 6 nitrogen and oxygen atoms in total. The number of hydrogen-bond donors (Lipinski definition) is 3. The first-order valence-corrected chi connectivity index (χ1v) is 9.29. The van der Waals surface area contributed by atoms with Crippen molar-refractivity contribution in [3.63, 3.8) is 0 Å². The summed E-state index contributed by atoms with van der Waals surface area (Å²) in [5, 5.41) is 14.7. The van der Waals surface area contributed by atoms with Crippen molar-refractivity contribution in [2.24, 2.45) is 0 Å². The predicted molar refractivity (Wildman–Crippen MR) is 102 cm³/mol. The van der Waals surface area contributed by atoms with Gasteiger partial charge in [0, 0.05) is 51.1 Å². The van der Waals surface area contributed by atoms with E-state index < -0.39 is 0 Å². The van der Waals surface area contributed by atoms with Gasteiger partial charge in [-0.15, -0.1) is 0 Å². The van der Waals surface area contributed by atoms with Crippen molar-refractivity contribution in [1.82, 2.24) is 15.1 Å². The fourth-order valence-electron chi connectivity index (χ4n) is 3.00. The Kier molecular flexibility index (Phi) is 8.18. The molecular formula is C19H32N4O2. The van der Waals surface area contributed by atoms with Crippen molar-refractivity contribution in [3.8, 4) is 0 Å². The summed E-state index contributed by atoms with van der Waals surface area (Å²) in [6.07, 6.45) is 2.42. The number of amides is 2. The summed E-state index contributed by atoms with van der Waals surface area (Å²) in [5.74, 6) is 0. The zero-order chi connectivity index (χ0) is 18.1. The molecule has 3 N–H and O–H groups in total. The van der Waals surface area contributed by atoms with E-state index >= 15 is 0 Å². The van der Waals surface area contributed by atoms with Crippen molar-refractivity contribution < 1.29 is 9.90 Å². The van der Waals surface area contributed by atoms with E-state index in [2.05, 4.69) is 39.6 Å². The lowest BCUT2D eigenvalue weighted by Crippen LogP contribution is -2.45. The number of likely N-dealkylation sites (N-methyl/N-ethyl adjacent to an activating group) is 1. The lowest BCUT2D eigenvalue weighted by molar-refractivity contribution is 0.155. The third-order valence-corrected chi connectivity index (χ3v) is 4.83. The lowest BCUT2D eigenvalue weighted by Gasteiger charge is -2.32. The third kappa shape index (κ3) is 7.02.